The summed E-state index contributed by atoms with van der Waals surface area (Å²) in [6, 6.07) is 0. The van der Waals surface area contributed by atoms with E-state index >= 15 is 0 Å². The van der Waals surface area contributed by atoms with Gasteiger partial charge in [0, 0.05) is 0 Å². The third kappa shape index (κ3) is 1.04. The maximum Gasteiger partial charge on any atom is -0.0246 e. The van der Waals surface area contributed by atoms with Crippen molar-refractivity contribution in [3.63, 3.8) is 0 Å². The summed E-state index contributed by atoms with van der Waals surface area (Å²) in [5, 5.41) is 0. The van der Waals surface area contributed by atoms with Gasteiger partial charge in [-0.3, -0.25) is 0 Å². The first-order chi connectivity index (χ1) is 5.57. The molecule has 0 aromatic carbocycles. The highest BCUT2D eigenvalue weighted by atomic mass is 14.6. The second-order valence-corrected chi connectivity index (χ2v) is 6.65. The summed E-state index contributed by atoms with van der Waals surface area (Å²) >= 11 is 0. The standard InChI is InChI=1S/C13H26/c1-9-10(2)12(5,6)13(7,8)11(9,3)4/h9-10H,1-8H3. The lowest BCUT2D eigenvalue weighted by Crippen LogP contribution is -2.38. The maximum atomic E-state index is 2.44. The smallest absolute Gasteiger partial charge is 0.0246 e. The molecule has 2 atom stereocenters. The van der Waals surface area contributed by atoms with Gasteiger partial charge in [-0.1, -0.05) is 55.4 Å². The number of hydrogen-bond acceptors (Lipinski definition) is 0. The average molecular weight is 182 g/mol. The Morgan fingerprint density at radius 3 is 0.923 bits per heavy atom. The zero-order valence-electron chi connectivity index (χ0n) is 10.7. The molecular weight excluding hydrogens is 156 g/mol. The molecule has 0 saturated heterocycles. The van der Waals surface area contributed by atoms with Crippen LogP contribution in [0.1, 0.15) is 55.4 Å². The van der Waals surface area contributed by atoms with Crippen molar-refractivity contribution < 1.29 is 0 Å². The summed E-state index contributed by atoms with van der Waals surface area (Å²) in [7, 11) is 0. The van der Waals surface area contributed by atoms with E-state index in [4.69, 9.17) is 0 Å². The van der Waals surface area contributed by atoms with Crippen molar-refractivity contribution in [3.8, 4) is 0 Å². The zero-order chi connectivity index (χ0) is 10.7. The molecule has 78 valence electrons. The van der Waals surface area contributed by atoms with E-state index in [1.807, 2.05) is 0 Å². The molecule has 1 aliphatic carbocycles. The highest BCUT2D eigenvalue weighted by Gasteiger charge is 2.60. The van der Waals surface area contributed by atoms with Gasteiger partial charge in [-0.05, 0) is 28.1 Å². The van der Waals surface area contributed by atoms with Gasteiger partial charge in [0.05, 0.1) is 0 Å². The van der Waals surface area contributed by atoms with E-state index in [1.165, 1.54) is 0 Å². The van der Waals surface area contributed by atoms with Gasteiger partial charge in [0.25, 0.3) is 0 Å². The van der Waals surface area contributed by atoms with Crippen LogP contribution in [0.15, 0.2) is 0 Å². The van der Waals surface area contributed by atoms with Crippen molar-refractivity contribution >= 4 is 0 Å². The summed E-state index contributed by atoms with van der Waals surface area (Å²) in [4.78, 5) is 0. The molecule has 1 fully saturated rings. The summed E-state index contributed by atoms with van der Waals surface area (Å²) in [5.41, 5.74) is 1.34. The monoisotopic (exact) mass is 182 g/mol. The van der Waals surface area contributed by atoms with E-state index in [0.29, 0.717) is 16.2 Å². The molecule has 0 bridgehead atoms. The van der Waals surface area contributed by atoms with Gasteiger partial charge in [0.15, 0.2) is 0 Å². The van der Waals surface area contributed by atoms with Crippen LogP contribution in [0, 0.1) is 28.1 Å². The molecule has 0 amide bonds. The molecule has 0 spiro atoms. The lowest BCUT2D eigenvalue weighted by atomic mass is 9.59. The van der Waals surface area contributed by atoms with Gasteiger partial charge in [-0.25, -0.2) is 0 Å². The molecule has 1 rings (SSSR count). The third-order valence-electron chi connectivity index (χ3n) is 6.25. The molecule has 0 aliphatic heterocycles. The predicted octanol–water partition coefficient (Wildman–Crippen LogP) is 4.35. The molecule has 13 heavy (non-hydrogen) atoms. The van der Waals surface area contributed by atoms with E-state index < -0.39 is 0 Å². The third-order valence-corrected chi connectivity index (χ3v) is 6.25. The first kappa shape index (κ1) is 11.1. The summed E-state index contributed by atoms with van der Waals surface area (Å²) in [6.45, 7) is 19.4. The Morgan fingerprint density at radius 1 is 0.615 bits per heavy atom. The predicted molar refractivity (Wildman–Crippen MR) is 59.7 cm³/mol. The van der Waals surface area contributed by atoms with Gasteiger partial charge < -0.3 is 0 Å². The Kier molecular flexibility index (Phi) is 2.15. The van der Waals surface area contributed by atoms with Crippen LogP contribution in [-0.4, -0.2) is 0 Å². The van der Waals surface area contributed by atoms with E-state index in [-0.39, 0.29) is 0 Å². The second kappa shape index (κ2) is 2.52. The molecule has 0 aromatic rings. The molecule has 2 unspecified atom stereocenters. The number of rotatable bonds is 0. The molecule has 1 saturated carbocycles. The Labute approximate surface area is 84.1 Å². The lowest BCUT2D eigenvalue weighted by molar-refractivity contribution is 0.0339. The van der Waals surface area contributed by atoms with Crippen LogP contribution in [0.5, 0.6) is 0 Å². The minimum Gasteiger partial charge on any atom is -0.0617 e. The summed E-state index contributed by atoms with van der Waals surface area (Å²) in [5.74, 6) is 1.63. The second-order valence-electron chi connectivity index (χ2n) is 6.65. The molecule has 0 heteroatoms. The average Bonchev–Trinajstić information content (AvgIpc) is 2.05. The number of hydrogen-bond donors (Lipinski definition) is 0. The van der Waals surface area contributed by atoms with Crippen LogP contribution in [-0.2, 0) is 0 Å². The van der Waals surface area contributed by atoms with Crippen LogP contribution in [0.3, 0.4) is 0 Å². The summed E-state index contributed by atoms with van der Waals surface area (Å²) < 4.78 is 0. The quantitative estimate of drug-likeness (QED) is 0.522. The van der Waals surface area contributed by atoms with Crippen LogP contribution < -0.4 is 0 Å². The zero-order valence-corrected chi connectivity index (χ0v) is 10.7. The van der Waals surface area contributed by atoms with Gasteiger partial charge >= 0.3 is 0 Å². The molecular formula is C13H26. The normalized spacial score (nSPS) is 40.6. The van der Waals surface area contributed by atoms with Crippen LogP contribution >= 0.6 is 0 Å². The highest BCUT2D eigenvalue weighted by molar-refractivity contribution is 5.08. The Balaban J connectivity index is 3.23. The molecule has 0 aromatic heterocycles. The van der Waals surface area contributed by atoms with E-state index in [1.54, 1.807) is 0 Å². The molecule has 0 radical (unpaired) electrons. The SMILES string of the molecule is CC1C(C)C(C)(C)C(C)(C)C1(C)C. The Hall–Kier alpha value is 0. The van der Waals surface area contributed by atoms with Gasteiger partial charge in [0.1, 0.15) is 0 Å². The minimum absolute atomic E-state index is 0.429. The van der Waals surface area contributed by atoms with Crippen molar-refractivity contribution in [2.45, 2.75) is 55.4 Å². The highest BCUT2D eigenvalue weighted by Crippen LogP contribution is 2.67. The van der Waals surface area contributed by atoms with Crippen molar-refractivity contribution in [1.29, 1.82) is 0 Å². The molecule has 0 nitrogen and oxygen atoms in total. The minimum atomic E-state index is 0.429. The first-order valence-corrected chi connectivity index (χ1v) is 5.57. The van der Waals surface area contributed by atoms with E-state index in [0.717, 1.165) is 11.8 Å². The fourth-order valence-electron chi connectivity index (χ4n) is 3.22. The molecule has 0 N–H and O–H groups in total. The molecule has 1 aliphatic rings. The van der Waals surface area contributed by atoms with Gasteiger partial charge in [-0.15, -0.1) is 0 Å². The van der Waals surface area contributed by atoms with Crippen LogP contribution in [0.2, 0.25) is 0 Å². The van der Waals surface area contributed by atoms with Crippen LogP contribution in [0.25, 0.3) is 0 Å². The Morgan fingerprint density at radius 2 is 0.846 bits per heavy atom. The van der Waals surface area contributed by atoms with Crippen molar-refractivity contribution in [2.75, 3.05) is 0 Å². The topological polar surface area (TPSA) is 0 Å². The fourth-order valence-corrected chi connectivity index (χ4v) is 3.22. The summed E-state index contributed by atoms with van der Waals surface area (Å²) in [6.07, 6.45) is 0. The van der Waals surface area contributed by atoms with Crippen molar-refractivity contribution in [2.24, 2.45) is 28.1 Å². The van der Waals surface area contributed by atoms with Crippen molar-refractivity contribution in [1.82, 2.24) is 0 Å². The Bertz CT molecular complexity index is 186. The largest absolute Gasteiger partial charge is 0.0617 e. The van der Waals surface area contributed by atoms with E-state index in [9.17, 15) is 0 Å². The van der Waals surface area contributed by atoms with E-state index in [2.05, 4.69) is 55.4 Å². The fraction of sp³-hybridized carbons (Fsp3) is 1.00. The van der Waals surface area contributed by atoms with Gasteiger partial charge in [0.2, 0.25) is 0 Å². The van der Waals surface area contributed by atoms with Gasteiger partial charge in [-0.2, -0.15) is 0 Å². The lowest BCUT2D eigenvalue weighted by Gasteiger charge is -2.45. The molecule has 0 heterocycles. The first-order valence-electron chi connectivity index (χ1n) is 5.57. The van der Waals surface area contributed by atoms with Crippen LogP contribution in [0.4, 0.5) is 0 Å². The van der Waals surface area contributed by atoms with Crippen molar-refractivity contribution in [3.05, 3.63) is 0 Å². The maximum absolute atomic E-state index is 2.44.